The molecule has 0 bridgehead atoms. The van der Waals surface area contributed by atoms with Gasteiger partial charge in [0.05, 0.1) is 0 Å². The second-order valence-corrected chi connectivity index (χ2v) is 6.02. The molecule has 1 heteroatoms. The molecule has 0 fully saturated rings. The van der Waals surface area contributed by atoms with Crippen LogP contribution in [0.15, 0.2) is 22.6 Å². The Morgan fingerprint density at radius 1 is 1.25 bits per heavy atom. The molecule has 0 radical (unpaired) electrons. The van der Waals surface area contributed by atoms with Gasteiger partial charge in [0.25, 0.3) is 0 Å². The van der Waals surface area contributed by atoms with Crippen molar-refractivity contribution in [1.29, 1.82) is 0 Å². The van der Waals surface area contributed by atoms with Gasteiger partial charge in [-0.3, -0.25) is 0 Å². The zero-order chi connectivity index (χ0) is 8.93. The molecule has 66 valence electrons. The van der Waals surface area contributed by atoms with Gasteiger partial charge in [-0.2, -0.15) is 0 Å². The topological polar surface area (TPSA) is 0 Å². The Morgan fingerprint density at radius 2 is 1.92 bits per heavy atom. The third-order valence-electron chi connectivity index (χ3n) is 2.64. The smallest absolute Gasteiger partial charge is 0.0374 e. The molecule has 1 aliphatic carbocycles. The molecule has 12 heavy (non-hydrogen) atoms. The van der Waals surface area contributed by atoms with Gasteiger partial charge < -0.3 is 0 Å². The van der Waals surface area contributed by atoms with Gasteiger partial charge in [-0.05, 0) is 17.2 Å². The van der Waals surface area contributed by atoms with Gasteiger partial charge in [0.2, 0.25) is 0 Å². The minimum atomic E-state index is 0.357. The van der Waals surface area contributed by atoms with Gasteiger partial charge >= 0.3 is 0 Å². The van der Waals surface area contributed by atoms with Gasteiger partial charge in [0.1, 0.15) is 0 Å². The van der Waals surface area contributed by atoms with Crippen molar-refractivity contribution in [3.8, 4) is 0 Å². The van der Waals surface area contributed by atoms with Crippen molar-refractivity contribution < 1.29 is 0 Å². The molecule has 0 aromatic rings. The van der Waals surface area contributed by atoms with Gasteiger partial charge in [-0.15, -0.1) is 11.8 Å². The molecule has 0 aromatic carbocycles. The zero-order valence-corrected chi connectivity index (χ0v) is 9.03. The van der Waals surface area contributed by atoms with Crippen LogP contribution in [0.5, 0.6) is 0 Å². The summed E-state index contributed by atoms with van der Waals surface area (Å²) < 4.78 is 0. The predicted molar refractivity (Wildman–Crippen MR) is 56.2 cm³/mol. The fourth-order valence-electron chi connectivity index (χ4n) is 1.72. The maximum absolute atomic E-state index is 2.46. The normalized spacial score (nSPS) is 33.7. The van der Waals surface area contributed by atoms with Crippen LogP contribution in [0, 0.1) is 11.3 Å². The van der Waals surface area contributed by atoms with E-state index in [0.717, 1.165) is 11.2 Å². The highest BCUT2D eigenvalue weighted by atomic mass is 32.2. The number of hydrogen-bond donors (Lipinski definition) is 0. The average Bonchev–Trinajstić information content (AvgIpc) is 2.24. The molecule has 2 atom stereocenters. The van der Waals surface area contributed by atoms with Crippen LogP contribution in [0.2, 0.25) is 0 Å². The molecule has 1 heterocycles. The monoisotopic (exact) mass is 180 g/mol. The summed E-state index contributed by atoms with van der Waals surface area (Å²) in [7, 11) is 0. The van der Waals surface area contributed by atoms with Gasteiger partial charge in [-0.1, -0.05) is 38.5 Å². The molecule has 0 aromatic heterocycles. The van der Waals surface area contributed by atoms with Crippen molar-refractivity contribution in [2.75, 3.05) is 0 Å². The Hall–Kier alpha value is -0.170. The molecule has 0 saturated heterocycles. The van der Waals surface area contributed by atoms with Crippen LogP contribution in [0.25, 0.3) is 0 Å². The van der Waals surface area contributed by atoms with Crippen LogP contribution >= 0.6 is 11.8 Å². The fourth-order valence-corrected chi connectivity index (χ4v) is 3.32. The third kappa shape index (κ3) is 1.15. The van der Waals surface area contributed by atoms with Crippen LogP contribution in [-0.2, 0) is 0 Å². The SMILES string of the molecule is CC1=CC2SC(C(C)(C)C)=C[C@H]12. The van der Waals surface area contributed by atoms with Crippen molar-refractivity contribution >= 4 is 11.8 Å². The highest BCUT2D eigenvalue weighted by molar-refractivity contribution is 8.04. The molecular weight excluding hydrogens is 164 g/mol. The Bertz CT molecular complexity index is 265. The van der Waals surface area contributed by atoms with E-state index in [9.17, 15) is 0 Å². The Morgan fingerprint density at radius 3 is 2.33 bits per heavy atom. The molecule has 2 rings (SSSR count). The lowest BCUT2D eigenvalue weighted by atomic mass is 9.83. The first-order valence-corrected chi connectivity index (χ1v) is 5.44. The predicted octanol–water partition coefficient (Wildman–Crippen LogP) is 3.61. The lowest BCUT2D eigenvalue weighted by molar-refractivity contribution is 0.531. The number of thioether (sulfide) groups is 1. The summed E-state index contributed by atoms with van der Waals surface area (Å²) in [5, 5.41) is 0.777. The number of hydrogen-bond acceptors (Lipinski definition) is 1. The van der Waals surface area contributed by atoms with E-state index >= 15 is 0 Å². The Labute approximate surface area is 79.1 Å². The highest BCUT2D eigenvalue weighted by Gasteiger charge is 2.37. The van der Waals surface area contributed by atoms with Crippen LogP contribution in [0.1, 0.15) is 27.7 Å². The molecule has 0 spiro atoms. The maximum atomic E-state index is 2.46. The first-order valence-electron chi connectivity index (χ1n) is 4.56. The van der Waals surface area contributed by atoms with Crippen LogP contribution in [0.4, 0.5) is 0 Å². The van der Waals surface area contributed by atoms with Gasteiger partial charge in [-0.25, -0.2) is 0 Å². The quantitative estimate of drug-likeness (QED) is 0.513. The fraction of sp³-hybridized carbons (Fsp3) is 0.636. The average molecular weight is 180 g/mol. The summed E-state index contributed by atoms with van der Waals surface area (Å²) in [4.78, 5) is 1.57. The molecule has 2 aliphatic rings. The van der Waals surface area contributed by atoms with Crippen molar-refractivity contribution in [2.45, 2.75) is 32.9 Å². The van der Waals surface area contributed by atoms with E-state index in [1.165, 1.54) is 0 Å². The van der Waals surface area contributed by atoms with E-state index in [1.807, 2.05) is 0 Å². The number of allylic oxidation sites excluding steroid dienone is 3. The zero-order valence-electron chi connectivity index (χ0n) is 8.22. The summed E-state index contributed by atoms with van der Waals surface area (Å²) in [5.41, 5.74) is 1.92. The van der Waals surface area contributed by atoms with E-state index in [2.05, 4.69) is 51.6 Å². The van der Waals surface area contributed by atoms with Crippen LogP contribution in [0.3, 0.4) is 0 Å². The van der Waals surface area contributed by atoms with Gasteiger partial charge in [0.15, 0.2) is 0 Å². The van der Waals surface area contributed by atoms with Crippen LogP contribution < -0.4 is 0 Å². The van der Waals surface area contributed by atoms with Gasteiger partial charge in [0, 0.05) is 11.2 Å². The standard InChI is InChI=1S/C11H16S/c1-7-5-9-8(7)6-10(12-9)11(2,3)4/h5-6,8-9H,1-4H3/t8-,9?/m1/s1. The Kier molecular flexibility index (Phi) is 1.69. The molecular formula is C11H16S. The number of rotatable bonds is 0. The molecule has 0 amide bonds. The minimum absolute atomic E-state index is 0.357. The van der Waals surface area contributed by atoms with E-state index in [4.69, 9.17) is 0 Å². The van der Waals surface area contributed by atoms with Crippen molar-refractivity contribution in [2.24, 2.45) is 11.3 Å². The molecule has 0 saturated carbocycles. The summed E-state index contributed by atoms with van der Waals surface area (Å²) in [6.45, 7) is 9.13. The summed E-state index contributed by atoms with van der Waals surface area (Å²) in [6.07, 6.45) is 4.86. The lowest BCUT2D eigenvalue weighted by Crippen LogP contribution is -2.20. The Balaban J connectivity index is 2.17. The first-order chi connectivity index (χ1) is 5.48. The van der Waals surface area contributed by atoms with Crippen molar-refractivity contribution in [1.82, 2.24) is 0 Å². The second-order valence-electron chi connectivity index (χ2n) is 4.80. The van der Waals surface area contributed by atoms with E-state index in [1.54, 1.807) is 10.5 Å². The lowest BCUT2D eigenvalue weighted by Gasteiger charge is -2.26. The molecule has 1 aliphatic heterocycles. The van der Waals surface area contributed by atoms with E-state index in [0.29, 0.717) is 5.41 Å². The molecule has 0 nitrogen and oxygen atoms in total. The minimum Gasteiger partial charge on any atom is -0.122 e. The first kappa shape index (κ1) is 8.43. The molecule has 0 N–H and O–H groups in total. The summed E-state index contributed by atoms with van der Waals surface area (Å²) in [5.74, 6) is 0.768. The number of fused-ring (bicyclic) bond motifs is 1. The summed E-state index contributed by atoms with van der Waals surface area (Å²) in [6, 6.07) is 0. The van der Waals surface area contributed by atoms with E-state index < -0.39 is 0 Å². The van der Waals surface area contributed by atoms with Crippen molar-refractivity contribution in [3.63, 3.8) is 0 Å². The maximum Gasteiger partial charge on any atom is 0.0374 e. The second kappa shape index (κ2) is 2.41. The van der Waals surface area contributed by atoms with E-state index in [-0.39, 0.29) is 0 Å². The largest absolute Gasteiger partial charge is 0.122 e. The van der Waals surface area contributed by atoms with Crippen molar-refractivity contribution in [3.05, 3.63) is 22.6 Å². The molecule has 1 unspecified atom stereocenters. The highest BCUT2D eigenvalue weighted by Crippen LogP contribution is 2.52. The summed E-state index contributed by atoms with van der Waals surface area (Å²) >= 11 is 2.06. The third-order valence-corrected chi connectivity index (χ3v) is 4.34. The van der Waals surface area contributed by atoms with Crippen LogP contribution in [-0.4, -0.2) is 5.25 Å².